The highest BCUT2D eigenvalue weighted by Gasteiger charge is 2.24. The normalized spacial score (nSPS) is 14.8. The van der Waals surface area contributed by atoms with E-state index in [1.807, 2.05) is 4.40 Å². The molecule has 0 spiro atoms. The Morgan fingerprint density at radius 2 is 1.95 bits per heavy atom. The maximum absolute atomic E-state index is 6.36. The molecule has 21 heavy (non-hydrogen) atoms. The minimum Gasteiger partial charge on any atom is -0.383 e. The van der Waals surface area contributed by atoms with Gasteiger partial charge in [0.25, 0.3) is 0 Å². The largest absolute Gasteiger partial charge is 0.383 e. The van der Waals surface area contributed by atoms with Crippen molar-refractivity contribution in [3.8, 4) is 11.3 Å². The fraction of sp³-hybridized carbons (Fsp3) is 0.278. The first kappa shape index (κ1) is 12.5. The predicted molar refractivity (Wildman–Crippen MR) is 86.5 cm³/mol. The molecule has 106 valence electrons. The Bertz CT molecular complexity index is 841. The van der Waals surface area contributed by atoms with Crippen molar-refractivity contribution in [1.29, 1.82) is 0 Å². The second-order valence-electron chi connectivity index (χ2n) is 6.11. The van der Waals surface area contributed by atoms with Crippen molar-refractivity contribution < 1.29 is 0 Å². The number of anilines is 1. The van der Waals surface area contributed by atoms with E-state index in [1.165, 1.54) is 24.0 Å². The fourth-order valence-corrected chi connectivity index (χ4v) is 3.13. The molecule has 3 nitrogen and oxygen atoms in total. The molecule has 2 N–H and O–H groups in total. The Labute approximate surface area is 124 Å². The van der Waals surface area contributed by atoms with Gasteiger partial charge < -0.3 is 5.73 Å². The maximum Gasteiger partial charge on any atom is 0.139 e. The Morgan fingerprint density at radius 1 is 1.14 bits per heavy atom. The molecule has 2 heterocycles. The van der Waals surface area contributed by atoms with E-state index in [0.717, 1.165) is 34.3 Å². The lowest BCUT2D eigenvalue weighted by Crippen LogP contribution is -1.98. The van der Waals surface area contributed by atoms with Crippen LogP contribution in [-0.2, 0) is 0 Å². The maximum atomic E-state index is 6.36. The summed E-state index contributed by atoms with van der Waals surface area (Å²) in [5, 5.41) is 0. The zero-order valence-corrected chi connectivity index (χ0v) is 12.4. The predicted octanol–water partition coefficient (Wildman–Crippen LogP) is 4.08. The van der Waals surface area contributed by atoms with Crippen LogP contribution in [0.25, 0.3) is 16.9 Å². The molecule has 3 heteroatoms. The quantitative estimate of drug-likeness (QED) is 0.767. The topological polar surface area (TPSA) is 43.3 Å². The molecule has 0 atom stereocenters. The van der Waals surface area contributed by atoms with Crippen LogP contribution in [0.5, 0.6) is 0 Å². The Balaban J connectivity index is 1.92. The highest BCUT2D eigenvalue weighted by Crippen LogP contribution is 2.41. The van der Waals surface area contributed by atoms with Crippen molar-refractivity contribution in [1.82, 2.24) is 9.38 Å². The number of aromatic nitrogens is 2. The van der Waals surface area contributed by atoms with Crippen molar-refractivity contribution in [2.75, 3.05) is 5.73 Å². The Morgan fingerprint density at radius 3 is 2.71 bits per heavy atom. The number of nitrogen functional groups attached to an aromatic ring is 1. The van der Waals surface area contributed by atoms with E-state index in [0.29, 0.717) is 0 Å². The van der Waals surface area contributed by atoms with E-state index in [4.69, 9.17) is 10.7 Å². The number of hydrogen-bond acceptors (Lipinski definition) is 2. The number of aryl methyl sites for hydroxylation is 2. The molecule has 0 saturated heterocycles. The van der Waals surface area contributed by atoms with Crippen LogP contribution < -0.4 is 5.73 Å². The molecule has 1 aliphatic carbocycles. The zero-order valence-electron chi connectivity index (χ0n) is 12.4. The van der Waals surface area contributed by atoms with Gasteiger partial charge in [-0.05, 0) is 61.9 Å². The SMILES string of the molecule is Cc1cc(C)n2c(N)c(-c3cccc(C4CC4)c3)nc2c1. The van der Waals surface area contributed by atoms with Gasteiger partial charge in [-0.3, -0.25) is 4.40 Å². The van der Waals surface area contributed by atoms with Crippen molar-refractivity contribution >= 4 is 11.5 Å². The summed E-state index contributed by atoms with van der Waals surface area (Å²) in [6, 6.07) is 12.9. The van der Waals surface area contributed by atoms with Crippen molar-refractivity contribution in [3.63, 3.8) is 0 Å². The van der Waals surface area contributed by atoms with Gasteiger partial charge in [0.15, 0.2) is 0 Å². The van der Waals surface area contributed by atoms with Gasteiger partial charge in [-0.1, -0.05) is 18.2 Å². The average Bonchev–Trinajstić information content (AvgIpc) is 3.24. The molecule has 3 aromatic rings. The summed E-state index contributed by atoms with van der Waals surface area (Å²) in [4.78, 5) is 4.76. The molecule has 1 fully saturated rings. The summed E-state index contributed by atoms with van der Waals surface area (Å²) in [5.41, 5.74) is 13.1. The van der Waals surface area contributed by atoms with E-state index < -0.39 is 0 Å². The molecule has 0 unspecified atom stereocenters. The Kier molecular flexibility index (Phi) is 2.58. The summed E-state index contributed by atoms with van der Waals surface area (Å²) in [6.45, 7) is 4.16. The second-order valence-corrected chi connectivity index (χ2v) is 6.11. The minimum absolute atomic E-state index is 0.732. The number of fused-ring (bicyclic) bond motifs is 1. The van der Waals surface area contributed by atoms with E-state index in [-0.39, 0.29) is 0 Å². The molecule has 0 bridgehead atoms. The van der Waals surface area contributed by atoms with Gasteiger partial charge in [-0.2, -0.15) is 0 Å². The molecule has 0 aliphatic heterocycles. The molecule has 1 aliphatic rings. The number of imidazole rings is 1. The third kappa shape index (κ3) is 2.00. The summed E-state index contributed by atoms with van der Waals surface area (Å²) < 4.78 is 2.03. The van der Waals surface area contributed by atoms with Crippen molar-refractivity contribution in [2.45, 2.75) is 32.6 Å². The van der Waals surface area contributed by atoms with Gasteiger partial charge in [-0.15, -0.1) is 0 Å². The molecule has 2 aromatic heterocycles. The van der Waals surface area contributed by atoms with Crippen LogP contribution in [0.1, 0.15) is 35.6 Å². The summed E-state index contributed by atoms with van der Waals surface area (Å²) in [7, 11) is 0. The summed E-state index contributed by atoms with van der Waals surface area (Å²) in [6.07, 6.45) is 2.62. The molecule has 4 rings (SSSR count). The highest BCUT2D eigenvalue weighted by molar-refractivity contribution is 5.76. The molecule has 1 saturated carbocycles. The van der Waals surface area contributed by atoms with Crippen LogP contribution in [-0.4, -0.2) is 9.38 Å². The van der Waals surface area contributed by atoms with Crippen LogP contribution >= 0.6 is 0 Å². The number of hydrogen-bond donors (Lipinski definition) is 1. The third-order valence-electron chi connectivity index (χ3n) is 4.29. The Hall–Kier alpha value is -2.29. The second kappa shape index (κ2) is 4.35. The molecule has 0 radical (unpaired) electrons. The first-order chi connectivity index (χ1) is 10.1. The average molecular weight is 277 g/mol. The lowest BCUT2D eigenvalue weighted by Gasteiger charge is -2.05. The van der Waals surface area contributed by atoms with Gasteiger partial charge in [-0.25, -0.2) is 4.98 Å². The molecular formula is C18H19N3. The number of benzene rings is 1. The fourth-order valence-electron chi connectivity index (χ4n) is 3.13. The standard InChI is InChI=1S/C18H19N3/c1-11-8-12(2)21-16(9-11)20-17(18(21)19)15-5-3-4-14(10-15)13-6-7-13/h3-5,8-10,13H,6-7,19H2,1-2H3. The summed E-state index contributed by atoms with van der Waals surface area (Å²) in [5.74, 6) is 1.47. The first-order valence-electron chi connectivity index (χ1n) is 7.49. The van der Waals surface area contributed by atoms with Crippen LogP contribution in [0.2, 0.25) is 0 Å². The van der Waals surface area contributed by atoms with Gasteiger partial charge in [0.05, 0.1) is 0 Å². The van der Waals surface area contributed by atoms with Crippen LogP contribution in [0.4, 0.5) is 5.82 Å². The van der Waals surface area contributed by atoms with Crippen LogP contribution in [0, 0.1) is 13.8 Å². The third-order valence-corrected chi connectivity index (χ3v) is 4.29. The lowest BCUT2D eigenvalue weighted by atomic mass is 10.1. The van der Waals surface area contributed by atoms with Gasteiger partial charge in [0, 0.05) is 11.3 Å². The number of nitrogens with two attached hydrogens (primary N) is 1. The van der Waals surface area contributed by atoms with Crippen LogP contribution in [0.3, 0.4) is 0 Å². The smallest absolute Gasteiger partial charge is 0.139 e. The lowest BCUT2D eigenvalue weighted by molar-refractivity contribution is 1.09. The van der Waals surface area contributed by atoms with E-state index in [9.17, 15) is 0 Å². The van der Waals surface area contributed by atoms with Crippen molar-refractivity contribution in [2.24, 2.45) is 0 Å². The minimum atomic E-state index is 0.732. The van der Waals surface area contributed by atoms with E-state index >= 15 is 0 Å². The van der Waals surface area contributed by atoms with Crippen LogP contribution in [0.15, 0.2) is 36.4 Å². The van der Waals surface area contributed by atoms with Gasteiger partial charge in [0.1, 0.15) is 17.2 Å². The first-order valence-corrected chi connectivity index (χ1v) is 7.49. The molecular weight excluding hydrogens is 258 g/mol. The van der Waals surface area contributed by atoms with E-state index in [1.54, 1.807) is 0 Å². The number of rotatable bonds is 2. The number of pyridine rings is 1. The molecule has 1 aromatic carbocycles. The molecule has 0 amide bonds. The van der Waals surface area contributed by atoms with Gasteiger partial charge >= 0.3 is 0 Å². The highest BCUT2D eigenvalue weighted by atomic mass is 15.1. The van der Waals surface area contributed by atoms with E-state index in [2.05, 4.69) is 50.2 Å². The van der Waals surface area contributed by atoms with Gasteiger partial charge in [0.2, 0.25) is 0 Å². The zero-order chi connectivity index (χ0) is 14.6. The number of nitrogens with zero attached hydrogens (tertiary/aromatic N) is 2. The summed E-state index contributed by atoms with van der Waals surface area (Å²) >= 11 is 0. The monoisotopic (exact) mass is 277 g/mol. The van der Waals surface area contributed by atoms with Crippen molar-refractivity contribution in [3.05, 3.63) is 53.2 Å².